The van der Waals surface area contributed by atoms with Crippen molar-refractivity contribution < 1.29 is 22.7 Å². The summed E-state index contributed by atoms with van der Waals surface area (Å²) in [6.45, 7) is 2.39. The molecule has 0 saturated carbocycles. The zero-order valence-corrected chi connectivity index (χ0v) is 16.2. The van der Waals surface area contributed by atoms with Crippen LogP contribution >= 0.6 is 11.8 Å². The Kier molecular flexibility index (Phi) is 5.98. The zero-order chi connectivity index (χ0) is 20.3. The van der Waals surface area contributed by atoms with Gasteiger partial charge in [-0.25, -0.2) is 4.99 Å². The number of rotatable bonds is 3. The van der Waals surface area contributed by atoms with Crippen LogP contribution in [0.1, 0.15) is 27.9 Å². The van der Waals surface area contributed by atoms with Crippen molar-refractivity contribution in [2.75, 3.05) is 19.4 Å². The summed E-state index contributed by atoms with van der Waals surface area (Å²) >= 11 is 1.44. The first kappa shape index (κ1) is 20.3. The topological polar surface area (TPSA) is 41.9 Å². The van der Waals surface area contributed by atoms with Crippen molar-refractivity contribution in [3.05, 3.63) is 59.2 Å². The summed E-state index contributed by atoms with van der Waals surface area (Å²) in [7, 11) is 1.55. The summed E-state index contributed by atoms with van der Waals surface area (Å²) in [6.07, 6.45) is -3.65. The summed E-state index contributed by atoms with van der Waals surface area (Å²) in [4.78, 5) is 19.0. The molecule has 0 atom stereocenters. The Morgan fingerprint density at radius 2 is 1.89 bits per heavy atom. The number of methoxy groups -OCH3 is 1. The summed E-state index contributed by atoms with van der Waals surface area (Å²) in [5.74, 6) is 1.03. The smallest absolute Gasteiger partial charge is 0.416 e. The molecule has 1 aliphatic heterocycles. The summed E-state index contributed by atoms with van der Waals surface area (Å²) in [6, 6.07) is 9.83. The van der Waals surface area contributed by atoms with Crippen molar-refractivity contribution in [2.24, 2.45) is 4.99 Å². The van der Waals surface area contributed by atoms with E-state index in [0.717, 1.165) is 29.9 Å². The van der Waals surface area contributed by atoms with Crippen molar-refractivity contribution in [1.82, 2.24) is 4.90 Å². The Labute approximate surface area is 165 Å². The fourth-order valence-corrected chi connectivity index (χ4v) is 3.74. The number of nitrogens with zero attached hydrogens (tertiary/aromatic N) is 2. The van der Waals surface area contributed by atoms with Gasteiger partial charge in [0, 0.05) is 17.9 Å². The van der Waals surface area contributed by atoms with Crippen LogP contribution in [0.5, 0.6) is 5.75 Å². The lowest BCUT2D eigenvalue weighted by Gasteiger charge is -2.28. The van der Waals surface area contributed by atoms with Crippen LogP contribution in [0.3, 0.4) is 0 Å². The van der Waals surface area contributed by atoms with Gasteiger partial charge in [-0.3, -0.25) is 9.69 Å². The van der Waals surface area contributed by atoms with E-state index in [9.17, 15) is 18.0 Å². The molecule has 0 bridgehead atoms. The number of thioether (sulfide) groups is 1. The van der Waals surface area contributed by atoms with Crippen LogP contribution in [0.15, 0.2) is 47.5 Å². The predicted octanol–water partition coefficient (Wildman–Crippen LogP) is 5.29. The number of halogens is 3. The maximum atomic E-state index is 12.9. The molecule has 3 rings (SSSR count). The second-order valence-corrected chi connectivity index (χ2v) is 7.37. The second-order valence-electron chi connectivity index (χ2n) is 6.30. The number of ether oxygens (including phenoxy) is 1. The van der Waals surface area contributed by atoms with Crippen molar-refractivity contribution in [2.45, 2.75) is 19.5 Å². The number of benzene rings is 2. The lowest BCUT2D eigenvalue weighted by atomic mass is 10.1. The van der Waals surface area contributed by atoms with Crippen molar-refractivity contribution in [3.63, 3.8) is 0 Å². The first-order chi connectivity index (χ1) is 13.3. The van der Waals surface area contributed by atoms with E-state index in [1.54, 1.807) is 7.11 Å². The number of carbonyl (C=O) groups is 1. The molecular formula is C20H19F3N2O2S. The SMILES string of the molecule is COc1ccc(C)cc1N=C1SCCCN1C(=O)c1ccc(C(F)(F)F)cc1. The number of amides is 1. The minimum absolute atomic E-state index is 0.194. The first-order valence-corrected chi connectivity index (χ1v) is 9.63. The van der Waals surface area contributed by atoms with Crippen LogP contribution in [0.4, 0.5) is 18.9 Å². The maximum absolute atomic E-state index is 12.9. The zero-order valence-electron chi connectivity index (χ0n) is 15.4. The van der Waals surface area contributed by atoms with Crippen LogP contribution in [0.25, 0.3) is 0 Å². The fourth-order valence-electron chi connectivity index (χ4n) is 2.79. The molecule has 2 aromatic rings. The minimum atomic E-state index is -4.43. The highest BCUT2D eigenvalue weighted by molar-refractivity contribution is 8.13. The van der Waals surface area contributed by atoms with Crippen molar-refractivity contribution in [1.29, 1.82) is 0 Å². The van der Waals surface area contributed by atoms with E-state index in [0.29, 0.717) is 23.1 Å². The van der Waals surface area contributed by atoms with Gasteiger partial charge in [0.05, 0.1) is 12.7 Å². The Hall–Kier alpha value is -2.48. The van der Waals surface area contributed by atoms with Crippen LogP contribution in [0.2, 0.25) is 0 Å². The monoisotopic (exact) mass is 408 g/mol. The van der Waals surface area contributed by atoms with E-state index in [1.165, 1.54) is 28.8 Å². The highest BCUT2D eigenvalue weighted by Gasteiger charge is 2.31. The predicted molar refractivity (Wildman–Crippen MR) is 104 cm³/mol. The largest absolute Gasteiger partial charge is 0.494 e. The normalized spacial score (nSPS) is 16.3. The highest BCUT2D eigenvalue weighted by atomic mass is 32.2. The molecule has 1 amide bonds. The minimum Gasteiger partial charge on any atom is -0.494 e. The molecule has 0 aromatic heterocycles. The molecule has 148 valence electrons. The number of carbonyl (C=O) groups excluding carboxylic acids is 1. The third-order valence-electron chi connectivity index (χ3n) is 4.24. The summed E-state index contributed by atoms with van der Waals surface area (Å²) in [5, 5.41) is 0.514. The quantitative estimate of drug-likeness (QED) is 0.693. The maximum Gasteiger partial charge on any atom is 0.416 e. The highest BCUT2D eigenvalue weighted by Crippen LogP contribution is 2.32. The van der Waals surface area contributed by atoms with E-state index in [-0.39, 0.29) is 11.5 Å². The van der Waals surface area contributed by atoms with Gasteiger partial charge in [-0.05, 0) is 55.3 Å². The van der Waals surface area contributed by atoms with Gasteiger partial charge in [-0.15, -0.1) is 0 Å². The fraction of sp³-hybridized carbons (Fsp3) is 0.300. The Morgan fingerprint density at radius 1 is 1.18 bits per heavy atom. The number of alkyl halides is 3. The van der Waals surface area contributed by atoms with Crippen molar-refractivity contribution in [3.8, 4) is 5.75 Å². The lowest BCUT2D eigenvalue weighted by Crippen LogP contribution is -2.39. The van der Waals surface area contributed by atoms with Gasteiger partial charge in [0.25, 0.3) is 5.91 Å². The molecule has 0 N–H and O–H groups in total. The molecule has 1 heterocycles. The van der Waals surface area contributed by atoms with Crippen LogP contribution in [-0.4, -0.2) is 35.4 Å². The van der Waals surface area contributed by atoms with Gasteiger partial charge in [0.15, 0.2) is 5.17 Å². The summed E-state index contributed by atoms with van der Waals surface area (Å²) < 4.78 is 43.6. The number of hydrogen-bond acceptors (Lipinski definition) is 4. The molecule has 0 unspecified atom stereocenters. The van der Waals surface area contributed by atoms with Gasteiger partial charge >= 0.3 is 6.18 Å². The number of amidine groups is 1. The third kappa shape index (κ3) is 4.49. The van der Waals surface area contributed by atoms with Gasteiger partial charge in [-0.1, -0.05) is 17.8 Å². The molecular weight excluding hydrogens is 389 g/mol. The molecule has 0 spiro atoms. The van der Waals surface area contributed by atoms with Gasteiger partial charge in [-0.2, -0.15) is 13.2 Å². The van der Waals surface area contributed by atoms with Crippen LogP contribution in [-0.2, 0) is 6.18 Å². The van der Waals surface area contributed by atoms with E-state index in [4.69, 9.17) is 4.74 Å². The van der Waals surface area contributed by atoms with Crippen LogP contribution < -0.4 is 4.74 Å². The molecule has 1 fully saturated rings. The van der Waals surface area contributed by atoms with Crippen LogP contribution in [0, 0.1) is 6.92 Å². The van der Waals surface area contributed by atoms with E-state index < -0.39 is 11.7 Å². The number of aryl methyl sites for hydroxylation is 1. The second kappa shape index (κ2) is 8.26. The van der Waals surface area contributed by atoms with Crippen molar-refractivity contribution >= 4 is 28.5 Å². The number of aliphatic imine (C=N–C) groups is 1. The molecule has 1 saturated heterocycles. The number of hydrogen-bond donors (Lipinski definition) is 0. The average molecular weight is 408 g/mol. The average Bonchev–Trinajstić information content (AvgIpc) is 2.67. The standard InChI is InChI=1S/C20H19F3N2O2S/c1-13-4-9-17(27-2)16(12-13)24-19-25(10-3-11-28-19)18(26)14-5-7-15(8-6-14)20(21,22)23/h4-9,12H,3,10-11H2,1-2H3. The Morgan fingerprint density at radius 3 is 2.54 bits per heavy atom. The molecule has 2 aromatic carbocycles. The molecule has 0 radical (unpaired) electrons. The first-order valence-electron chi connectivity index (χ1n) is 8.65. The summed E-state index contributed by atoms with van der Waals surface area (Å²) in [5.41, 5.74) is 1.02. The molecule has 0 aliphatic carbocycles. The van der Waals surface area contributed by atoms with Gasteiger partial charge < -0.3 is 4.74 Å². The van der Waals surface area contributed by atoms with Gasteiger partial charge in [0.2, 0.25) is 0 Å². The Bertz CT molecular complexity index is 895. The molecule has 8 heteroatoms. The lowest BCUT2D eigenvalue weighted by molar-refractivity contribution is -0.137. The van der Waals surface area contributed by atoms with E-state index in [1.807, 2.05) is 25.1 Å². The van der Waals surface area contributed by atoms with Gasteiger partial charge in [0.1, 0.15) is 11.4 Å². The third-order valence-corrected chi connectivity index (χ3v) is 5.31. The molecule has 1 aliphatic rings. The Balaban J connectivity index is 1.91. The molecule has 28 heavy (non-hydrogen) atoms. The molecule has 4 nitrogen and oxygen atoms in total. The van der Waals surface area contributed by atoms with E-state index in [2.05, 4.69) is 4.99 Å². The van der Waals surface area contributed by atoms with E-state index >= 15 is 0 Å².